The van der Waals surface area contributed by atoms with Crippen LogP contribution in [-0.2, 0) is 21.4 Å². The highest BCUT2D eigenvalue weighted by molar-refractivity contribution is 9.10. The van der Waals surface area contributed by atoms with Crippen molar-refractivity contribution in [2.24, 2.45) is 5.73 Å². The number of nitrogens with one attached hydrogen (secondary N) is 1. The number of nitrogens with zero attached hydrogens (tertiary/aromatic N) is 5. The first-order valence-corrected chi connectivity index (χ1v) is 18.1. The number of aromatic nitrogens is 2. The van der Waals surface area contributed by atoms with Gasteiger partial charge in [0.1, 0.15) is 28.0 Å². The number of amidine groups is 1. The predicted molar refractivity (Wildman–Crippen MR) is 193 cm³/mol. The smallest absolute Gasteiger partial charge is 0.253 e. The van der Waals surface area contributed by atoms with Gasteiger partial charge in [-0.3, -0.25) is 19.4 Å². The number of ether oxygens (including phenoxy) is 1. The van der Waals surface area contributed by atoms with Crippen LogP contribution >= 0.6 is 51.5 Å². The van der Waals surface area contributed by atoms with E-state index in [9.17, 15) is 18.0 Å². The maximum absolute atomic E-state index is 14.1. The number of pyridine rings is 1. The van der Waals surface area contributed by atoms with Crippen LogP contribution in [0.1, 0.15) is 40.0 Å². The molecule has 49 heavy (non-hydrogen) atoms. The van der Waals surface area contributed by atoms with Crippen LogP contribution in [0.3, 0.4) is 0 Å². The summed E-state index contributed by atoms with van der Waals surface area (Å²) in [5.41, 5.74) is 8.13. The molecule has 260 valence electrons. The molecule has 2 aliphatic rings. The summed E-state index contributed by atoms with van der Waals surface area (Å²) in [5, 5.41) is 7.70. The van der Waals surface area contributed by atoms with Crippen LogP contribution in [0, 0.1) is 12.3 Å². The largest absolute Gasteiger partial charge is 0.485 e. The maximum atomic E-state index is 14.1. The molecular weight excluding hydrogens is 781 g/mol. The molecular formula is C32H33BrCl3N7O5S. The number of nitrogen functional groups attached to an aromatic ring is 1. The molecule has 2 aliphatic heterocycles. The first-order chi connectivity index (χ1) is 22.9. The average molecular weight is 814 g/mol. The number of fused-ring (bicyclic) bond motifs is 1. The van der Waals surface area contributed by atoms with E-state index in [1.165, 1.54) is 16.4 Å². The normalized spacial score (nSPS) is 16.9. The van der Waals surface area contributed by atoms with Crippen LogP contribution in [0.25, 0.3) is 5.65 Å². The molecule has 0 saturated carbocycles. The van der Waals surface area contributed by atoms with Gasteiger partial charge in [-0.25, -0.2) is 13.4 Å². The van der Waals surface area contributed by atoms with Gasteiger partial charge in [0.25, 0.3) is 5.91 Å². The van der Waals surface area contributed by atoms with E-state index in [1.807, 2.05) is 17.5 Å². The number of amides is 2. The number of hydrogen-bond acceptors (Lipinski definition) is 7. The van der Waals surface area contributed by atoms with Crippen LogP contribution in [0.15, 0.2) is 64.2 Å². The number of piperazine rings is 1. The van der Waals surface area contributed by atoms with Gasteiger partial charge in [0.15, 0.2) is 11.4 Å². The Bertz CT molecular complexity index is 2040. The van der Waals surface area contributed by atoms with Crippen molar-refractivity contribution in [2.45, 2.75) is 37.3 Å². The zero-order chi connectivity index (χ0) is 34.3. The van der Waals surface area contributed by atoms with Crippen LogP contribution in [0.5, 0.6) is 5.75 Å². The molecule has 1 atom stereocenters. The van der Waals surface area contributed by atoms with Crippen molar-refractivity contribution in [3.05, 3.63) is 91.8 Å². The zero-order valence-corrected chi connectivity index (χ0v) is 31.0. The molecule has 2 amide bonds. The van der Waals surface area contributed by atoms with Crippen LogP contribution in [-0.4, -0.2) is 88.3 Å². The van der Waals surface area contributed by atoms with Crippen molar-refractivity contribution in [1.29, 1.82) is 5.41 Å². The Kier molecular flexibility index (Phi) is 11.2. The highest BCUT2D eigenvalue weighted by Crippen LogP contribution is 2.37. The molecule has 6 rings (SSSR count). The highest BCUT2D eigenvalue weighted by atomic mass is 79.9. The molecule has 0 bridgehead atoms. The second kappa shape index (κ2) is 14.8. The summed E-state index contributed by atoms with van der Waals surface area (Å²) in [7, 11) is -4.20. The fraction of sp³-hybridized carbons (Fsp3) is 0.312. The minimum atomic E-state index is -4.20. The summed E-state index contributed by atoms with van der Waals surface area (Å²) in [4.78, 5) is 34.4. The number of carbonyl (C=O) groups is 2. The fourth-order valence-electron chi connectivity index (χ4n) is 6.01. The van der Waals surface area contributed by atoms with E-state index in [0.29, 0.717) is 54.0 Å². The third-order valence-electron chi connectivity index (χ3n) is 8.63. The minimum Gasteiger partial charge on any atom is -0.485 e. The second-order valence-corrected chi connectivity index (χ2v) is 15.0. The Morgan fingerprint density at radius 2 is 1.67 bits per heavy atom. The molecule has 0 radical (unpaired) electrons. The lowest BCUT2D eigenvalue weighted by Crippen LogP contribution is -2.55. The lowest BCUT2D eigenvalue weighted by atomic mass is 10.1. The molecule has 2 fully saturated rings. The number of imidazole rings is 1. The van der Waals surface area contributed by atoms with Crippen molar-refractivity contribution >= 4 is 84.9 Å². The second-order valence-electron chi connectivity index (χ2n) is 11.6. The summed E-state index contributed by atoms with van der Waals surface area (Å²) in [5.74, 6) is -0.120. The number of carbonyl (C=O) groups excluding carboxylic acids is 2. The third kappa shape index (κ3) is 7.12. The van der Waals surface area contributed by atoms with Gasteiger partial charge in [-0.15, -0.1) is 12.4 Å². The molecule has 12 nitrogen and oxygen atoms in total. The maximum Gasteiger partial charge on any atom is 0.253 e. The van der Waals surface area contributed by atoms with Gasteiger partial charge in [0.2, 0.25) is 15.9 Å². The summed E-state index contributed by atoms with van der Waals surface area (Å²) in [6.45, 7) is 3.04. The summed E-state index contributed by atoms with van der Waals surface area (Å²) >= 11 is 16.7. The Hall–Kier alpha value is -3.40. The van der Waals surface area contributed by atoms with E-state index < -0.39 is 16.1 Å². The van der Waals surface area contributed by atoms with Gasteiger partial charge in [0, 0.05) is 60.6 Å². The van der Waals surface area contributed by atoms with Crippen molar-refractivity contribution < 1.29 is 22.7 Å². The van der Waals surface area contributed by atoms with E-state index in [0.717, 1.165) is 10.3 Å². The van der Waals surface area contributed by atoms with E-state index in [1.54, 1.807) is 46.2 Å². The minimum absolute atomic E-state index is 0. The van der Waals surface area contributed by atoms with Crippen LogP contribution < -0.4 is 10.5 Å². The SMILES string of the molecule is Cc1nc2c(OCc3c(Cl)ccc(S(=O)(=O)N4CCC[C@H]4C(=O)N4CCN(C(=O)c5ccc(C(=N)N)cc5)CC4)c3Cl)cccn2c1Br.Cl. The Morgan fingerprint density at radius 1 is 1.02 bits per heavy atom. The molecule has 3 N–H and O–H groups in total. The monoisotopic (exact) mass is 811 g/mol. The molecule has 17 heteroatoms. The first-order valence-electron chi connectivity index (χ1n) is 15.2. The van der Waals surface area contributed by atoms with E-state index in [-0.39, 0.29) is 71.2 Å². The van der Waals surface area contributed by atoms with Gasteiger partial charge in [0.05, 0.1) is 10.7 Å². The molecule has 4 aromatic rings. The van der Waals surface area contributed by atoms with Crippen LogP contribution in [0.4, 0.5) is 0 Å². The first kappa shape index (κ1) is 36.9. The number of aryl methyl sites for hydroxylation is 1. The number of hydrogen-bond donors (Lipinski definition) is 2. The van der Waals surface area contributed by atoms with E-state index in [4.69, 9.17) is 39.1 Å². The zero-order valence-electron chi connectivity index (χ0n) is 26.2. The highest BCUT2D eigenvalue weighted by Gasteiger charge is 2.43. The quantitative estimate of drug-likeness (QED) is 0.185. The van der Waals surface area contributed by atoms with Gasteiger partial charge < -0.3 is 20.3 Å². The summed E-state index contributed by atoms with van der Waals surface area (Å²) in [6, 6.07) is 12.0. The number of nitrogens with two attached hydrogens (primary N) is 1. The molecule has 0 spiro atoms. The molecule has 2 aromatic carbocycles. The Balaban J connectivity index is 0.00000468. The lowest BCUT2D eigenvalue weighted by Gasteiger charge is -2.37. The van der Waals surface area contributed by atoms with E-state index >= 15 is 0 Å². The van der Waals surface area contributed by atoms with Crippen molar-refractivity contribution in [2.75, 3.05) is 32.7 Å². The van der Waals surface area contributed by atoms with Crippen molar-refractivity contribution in [1.82, 2.24) is 23.5 Å². The van der Waals surface area contributed by atoms with Crippen molar-refractivity contribution in [3.63, 3.8) is 0 Å². The molecule has 2 saturated heterocycles. The number of halogens is 4. The molecule has 2 aromatic heterocycles. The molecule has 0 aliphatic carbocycles. The van der Waals surface area contributed by atoms with Gasteiger partial charge in [-0.05, 0) is 72.1 Å². The lowest BCUT2D eigenvalue weighted by molar-refractivity contribution is -0.136. The standard InChI is InChI=1S/C32H32BrCl2N7O5S.ClH/c1-19-28(33)41-12-3-5-25(30(41)38-19)47-18-22-23(34)10-11-26(27(22)35)48(45,46)42-13-2-4-24(42)32(44)40-16-14-39(15-17-40)31(43)21-8-6-20(7-9-21)29(36)37;/h3,5-12,24H,2,4,13-18H2,1H3,(H3,36,37);1H/t24-;/m0./s1. The van der Waals surface area contributed by atoms with Gasteiger partial charge in [-0.2, -0.15) is 4.31 Å². The summed E-state index contributed by atoms with van der Waals surface area (Å²) < 4.78 is 38.0. The Labute approximate surface area is 308 Å². The molecule has 0 unspecified atom stereocenters. The Morgan fingerprint density at radius 3 is 2.35 bits per heavy atom. The van der Waals surface area contributed by atoms with E-state index in [2.05, 4.69) is 20.9 Å². The predicted octanol–water partition coefficient (Wildman–Crippen LogP) is 5.13. The third-order valence-corrected chi connectivity index (χ3v) is 12.4. The average Bonchev–Trinajstić information content (AvgIpc) is 3.69. The fourth-order valence-corrected chi connectivity index (χ4v) is 8.90. The topological polar surface area (TPSA) is 154 Å². The van der Waals surface area contributed by atoms with Gasteiger partial charge in [-0.1, -0.05) is 35.3 Å². The van der Waals surface area contributed by atoms with Crippen LogP contribution in [0.2, 0.25) is 10.0 Å². The van der Waals surface area contributed by atoms with Gasteiger partial charge >= 0.3 is 0 Å². The summed E-state index contributed by atoms with van der Waals surface area (Å²) in [6.07, 6.45) is 2.71. The number of benzene rings is 2. The molecule has 4 heterocycles. The van der Waals surface area contributed by atoms with Crippen molar-refractivity contribution in [3.8, 4) is 5.75 Å². The number of rotatable bonds is 8. The number of sulfonamides is 1.